The molecule has 2 rings (SSSR count). The Hall–Kier alpha value is -2.50. The lowest BCUT2D eigenvalue weighted by molar-refractivity contribution is 0.0965. The third-order valence-corrected chi connectivity index (χ3v) is 2.17. The van der Waals surface area contributed by atoms with Gasteiger partial charge < -0.3 is 0 Å². The second-order valence-corrected chi connectivity index (χ2v) is 3.39. The van der Waals surface area contributed by atoms with E-state index in [2.05, 4.69) is 5.10 Å². The maximum atomic E-state index is 11.8. The second-order valence-electron chi connectivity index (χ2n) is 3.39. The summed E-state index contributed by atoms with van der Waals surface area (Å²) < 4.78 is 0.913. The Morgan fingerprint density at radius 2 is 1.94 bits per heavy atom. The highest BCUT2D eigenvalue weighted by atomic mass is 16.2. The van der Waals surface area contributed by atoms with Crippen LogP contribution >= 0.6 is 0 Å². The SMILES string of the molecule is O=C(Cn1ncc(=O)[nH]c1=O)c1ccccc1. The van der Waals surface area contributed by atoms with Gasteiger partial charge in [0.1, 0.15) is 12.7 Å². The Bertz CT molecular complexity index is 643. The number of carbonyl (C=O) groups excluding carboxylic acids is 1. The van der Waals surface area contributed by atoms with E-state index < -0.39 is 11.2 Å². The first-order valence-corrected chi connectivity index (χ1v) is 4.91. The van der Waals surface area contributed by atoms with Gasteiger partial charge in [0.2, 0.25) is 0 Å². The normalized spacial score (nSPS) is 10.1. The molecule has 6 heteroatoms. The zero-order chi connectivity index (χ0) is 12.3. The van der Waals surface area contributed by atoms with Crippen LogP contribution in [0, 0.1) is 0 Å². The fourth-order valence-corrected chi connectivity index (χ4v) is 1.34. The third-order valence-electron chi connectivity index (χ3n) is 2.17. The Labute approximate surface area is 95.5 Å². The number of aromatic amines is 1. The highest BCUT2D eigenvalue weighted by Gasteiger charge is 2.08. The molecule has 0 saturated carbocycles. The highest BCUT2D eigenvalue weighted by Crippen LogP contribution is 2.00. The van der Waals surface area contributed by atoms with Crippen LogP contribution in [-0.2, 0) is 6.54 Å². The van der Waals surface area contributed by atoms with E-state index in [-0.39, 0.29) is 12.3 Å². The number of carbonyl (C=O) groups is 1. The fourth-order valence-electron chi connectivity index (χ4n) is 1.34. The summed E-state index contributed by atoms with van der Waals surface area (Å²) in [5.74, 6) is -0.243. The van der Waals surface area contributed by atoms with E-state index in [9.17, 15) is 14.4 Å². The summed E-state index contributed by atoms with van der Waals surface area (Å²) >= 11 is 0. The molecule has 0 saturated heterocycles. The molecule has 0 spiro atoms. The number of nitrogens with one attached hydrogen (secondary N) is 1. The standard InChI is InChI=1S/C11H9N3O3/c15-9(8-4-2-1-3-5-8)7-14-11(17)13-10(16)6-12-14/h1-6H,7H2,(H,13,16,17). The third kappa shape index (κ3) is 2.54. The molecule has 1 N–H and O–H groups in total. The number of Topliss-reactive ketones (excluding diaryl/α,β-unsaturated/α-hetero) is 1. The van der Waals surface area contributed by atoms with Gasteiger partial charge in [-0.15, -0.1) is 0 Å². The summed E-state index contributed by atoms with van der Waals surface area (Å²) in [6.45, 7) is -0.195. The van der Waals surface area contributed by atoms with E-state index in [0.717, 1.165) is 10.9 Å². The van der Waals surface area contributed by atoms with Crippen LogP contribution in [0.2, 0.25) is 0 Å². The van der Waals surface area contributed by atoms with Gasteiger partial charge in [0.25, 0.3) is 5.56 Å². The van der Waals surface area contributed by atoms with Crippen LogP contribution in [0.4, 0.5) is 0 Å². The molecular formula is C11H9N3O3. The molecule has 0 atom stereocenters. The monoisotopic (exact) mass is 231 g/mol. The number of aromatic nitrogens is 3. The number of hydrogen-bond acceptors (Lipinski definition) is 4. The zero-order valence-corrected chi connectivity index (χ0v) is 8.79. The summed E-state index contributed by atoms with van der Waals surface area (Å²) in [4.78, 5) is 35.9. The number of H-pyrrole nitrogens is 1. The van der Waals surface area contributed by atoms with E-state index in [1.807, 2.05) is 4.98 Å². The molecule has 1 aromatic carbocycles. The van der Waals surface area contributed by atoms with E-state index in [1.54, 1.807) is 30.3 Å². The molecule has 0 aliphatic heterocycles. The minimum absolute atomic E-state index is 0.195. The summed E-state index contributed by atoms with van der Waals surface area (Å²) in [6.07, 6.45) is 0.958. The lowest BCUT2D eigenvalue weighted by atomic mass is 10.1. The van der Waals surface area contributed by atoms with Crippen molar-refractivity contribution in [3.05, 3.63) is 62.9 Å². The van der Waals surface area contributed by atoms with Crippen molar-refractivity contribution < 1.29 is 4.79 Å². The van der Waals surface area contributed by atoms with Gasteiger partial charge in [-0.1, -0.05) is 30.3 Å². The Kier molecular flexibility index (Phi) is 2.95. The van der Waals surface area contributed by atoms with Crippen LogP contribution in [0.5, 0.6) is 0 Å². The van der Waals surface area contributed by atoms with Crippen molar-refractivity contribution in [1.29, 1.82) is 0 Å². The van der Waals surface area contributed by atoms with E-state index >= 15 is 0 Å². The highest BCUT2D eigenvalue weighted by molar-refractivity contribution is 5.95. The minimum Gasteiger partial charge on any atom is -0.292 e. The van der Waals surface area contributed by atoms with Crippen LogP contribution in [0.1, 0.15) is 10.4 Å². The predicted molar refractivity (Wildman–Crippen MR) is 59.9 cm³/mol. The molecular weight excluding hydrogens is 222 g/mol. The average molecular weight is 231 g/mol. The first-order valence-electron chi connectivity index (χ1n) is 4.91. The molecule has 1 heterocycles. The number of benzene rings is 1. The zero-order valence-electron chi connectivity index (χ0n) is 8.79. The van der Waals surface area contributed by atoms with Gasteiger partial charge in [0.15, 0.2) is 5.78 Å². The molecule has 0 radical (unpaired) electrons. The van der Waals surface area contributed by atoms with Gasteiger partial charge in [-0.3, -0.25) is 14.6 Å². The van der Waals surface area contributed by atoms with Crippen molar-refractivity contribution >= 4 is 5.78 Å². The van der Waals surface area contributed by atoms with Gasteiger partial charge in [0.05, 0.1) is 0 Å². The maximum Gasteiger partial charge on any atom is 0.345 e. The number of nitrogens with zero attached hydrogens (tertiary/aromatic N) is 2. The van der Waals surface area contributed by atoms with Crippen LogP contribution in [0.3, 0.4) is 0 Å². The number of rotatable bonds is 3. The molecule has 1 aromatic heterocycles. The lowest BCUT2D eigenvalue weighted by Crippen LogP contribution is -2.33. The number of hydrogen-bond donors (Lipinski definition) is 1. The van der Waals surface area contributed by atoms with Crippen molar-refractivity contribution in [3.8, 4) is 0 Å². The predicted octanol–water partition coefficient (Wildman–Crippen LogP) is -0.186. The summed E-state index contributed by atoms with van der Waals surface area (Å²) in [6, 6.07) is 8.56. The first kappa shape index (κ1) is 11.0. The van der Waals surface area contributed by atoms with E-state index in [4.69, 9.17) is 0 Å². The summed E-state index contributed by atoms with van der Waals surface area (Å²) in [5, 5.41) is 3.58. The van der Waals surface area contributed by atoms with Gasteiger partial charge in [0, 0.05) is 5.56 Å². The largest absolute Gasteiger partial charge is 0.345 e. The van der Waals surface area contributed by atoms with Gasteiger partial charge in [-0.2, -0.15) is 5.10 Å². The second kappa shape index (κ2) is 4.56. The lowest BCUT2D eigenvalue weighted by Gasteiger charge is -2.02. The quantitative estimate of drug-likeness (QED) is 0.742. The van der Waals surface area contributed by atoms with Crippen LogP contribution in [0.25, 0.3) is 0 Å². The maximum absolute atomic E-state index is 11.8. The van der Waals surface area contributed by atoms with Crippen molar-refractivity contribution in [2.45, 2.75) is 6.54 Å². The van der Waals surface area contributed by atoms with Crippen LogP contribution < -0.4 is 11.2 Å². The molecule has 0 aliphatic rings. The molecule has 0 amide bonds. The van der Waals surface area contributed by atoms with Gasteiger partial charge in [-0.05, 0) is 0 Å². The smallest absolute Gasteiger partial charge is 0.292 e. The van der Waals surface area contributed by atoms with Crippen LogP contribution in [-0.4, -0.2) is 20.5 Å². The van der Waals surface area contributed by atoms with Crippen molar-refractivity contribution in [2.75, 3.05) is 0 Å². The van der Waals surface area contributed by atoms with Gasteiger partial charge >= 0.3 is 5.69 Å². The first-order chi connectivity index (χ1) is 8.16. The summed E-state index contributed by atoms with van der Waals surface area (Å²) in [7, 11) is 0. The fraction of sp³-hybridized carbons (Fsp3) is 0.0909. The van der Waals surface area contributed by atoms with Crippen LogP contribution in [0.15, 0.2) is 46.1 Å². The summed E-state index contributed by atoms with van der Waals surface area (Å²) in [5.41, 5.74) is -0.785. The Morgan fingerprint density at radius 1 is 1.24 bits per heavy atom. The van der Waals surface area contributed by atoms with Crippen molar-refractivity contribution in [1.82, 2.24) is 14.8 Å². The average Bonchev–Trinajstić information content (AvgIpc) is 2.34. The Balaban J connectivity index is 2.25. The minimum atomic E-state index is -0.693. The molecule has 2 aromatic rings. The molecule has 6 nitrogen and oxygen atoms in total. The van der Waals surface area contributed by atoms with Gasteiger partial charge in [-0.25, -0.2) is 9.48 Å². The molecule has 86 valence electrons. The molecule has 0 aliphatic carbocycles. The molecule has 17 heavy (non-hydrogen) atoms. The number of ketones is 1. The molecule has 0 bridgehead atoms. The van der Waals surface area contributed by atoms with Crippen molar-refractivity contribution in [2.24, 2.45) is 0 Å². The topological polar surface area (TPSA) is 84.8 Å². The molecule has 0 unspecified atom stereocenters. The molecule has 0 fully saturated rings. The van der Waals surface area contributed by atoms with Crippen molar-refractivity contribution in [3.63, 3.8) is 0 Å². The Morgan fingerprint density at radius 3 is 2.59 bits per heavy atom. The van der Waals surface area contributed by atoms with E-state index in [1.165, 1.54) is 0 Å². The van der Waals surface area contributed by atoms with E-state index in [0.29, 0.717) is 5.56 Å².